The SMILES string of the molecule is COC(=O)CCCC=CC[C@@H]1[C@@H](CNS(=O)(=O)c2ccc(F)cc2)CC[C@@H]1OCc1ccc(-c2ccccc2)cc1. The molecule has 0 spiro atoms. The normalized spacial score (nSPS) is 19.0. The van der Waals surface area contributed by atoms with Gasteiger partial charge in [0.05, 0.1) is 24.7 Å². The average Bonchev–Trinajstić information content (AvgIpc) is 3.39. The number of carbonyl (C=O) groups excluding carboxylic acids is 1. The van der Waals surface area contributed by atoms with E-state index in [0.29, 0.717) is 19.4 Å². The van der Waals surface area contributed by atoms with Gasteiger partial charge in [0.1, 0.15) is 5.82 Å². The lowest BCUT2D eigenvalue weighted by Gasteiger charge is -2.24. The van der Waals surface area contributed by atoms with Crippen molar-refractivity contribution in [2.24, 2.45) is 11.8 Å². The van der Waals surface area contributed by atoms with Crippen molar-refractivity contribution in [3.05, 3.63) is 102 Å². The van der Waals surface area contributed by atoms with Gasteiger partial charge in [-0.1, -0.05) is 66.7 Å². The zero-order valence-corrected chi connectivity index (χ0v) is 24.2. The number of benzene rings is 3. The zero-order chi connectivity index (χ0) is 29.1. The minimum absolute atomic E-state index is 0.0103. The van der Waals surface area contributed by atoms with Gasteiger partial charge in [-0.05, 0) is 84.9 Å². The van der Waals surface area contributed by atoms with Crippen molar-refractivity contribution >= 4 is 16.0 Å². The highest BCUT2D eigenvalue weighted by molar-refractivity contribution is 7.89. The van der Waals surface area contributed by atoms with Crippen LogP contribution in [0.3, 0.4) is 0 Å². The fraction of sp³-hybridized carbons (Fsp3) is 0.364. The van der Waals surface area contributed by atoms with E-state index in [2.05, 4.69) is 53.3 Å². The molecule has 8 heteroatoms. The van der Waals surface area contributed by atoms with E-state index in [1.807, 2.05) is 18.2 Å². The summed E-state index contributed by atoms with van der Waals surface area (Å²) in [5.74, 6) is -0.470. The van der Waals surface area contributed by atoms with Crippen molar-refractivity contribution in [2.45, 2.75) is 56.1 Å². The second-order valence-corrected chi connectivity index (χ2v) is 12.2. The molecule has 0 heterocycles. The Hall–Kier alpha value is -3.33. The van der Waals surface area contributed by atoms with Crippen LogP contribution in [-0.2, 0) is 30.9 Å². The number of ether oxygens (including phenoxy) is 2. The van der Waals surface area contributed by atoms with E-state index in [1.54, 1.807) is 0 Å². The third kappa shape index (κ3) is 9.08. The number of carbonyl (C=O) groups is 1. The third-order valence-electron chi connectivity index (χ3n) is 7.64. The molecule has 0 aromatic heterocycles. The number of hydrogen-bond donors (Lipinski definition) is 1. The second kappa shape index (κ2) is 15.1. The summed E-state index contributed by atoms with van der Waals surface area (Å²) >= 11 is 0. The van der Waals surface area contributed by atoms with Gasteiger partial charge in [-0.15, -0.1) is 0 Å². The maximum Gasteiger partial charge on any atom is 0.305 e. The summed E-state index contributed by atoms with van der Waals surface area (Å²) in [4.78, 5) is 11.4. The van der Waals surface area contributed by atoms with Crippen molar-refractivity contribution in [1.82, 2.24) is 4.72 Å². The highest BCUT2D eigenvalue weighted by Crippen LogP contribution is 2.37. The Bertz CT molecular complexity index is 1380. The molecule has 4 rings (SSSR count). The van der Waals surface area contributed by atoms with Crippen LogP contribution < -0.4 is 4.72 Å². The average molecular weight is 580 g/mol. The lowest BCUT2D eigenvalue weighted by Crippen LogP contribution is -2.33. The van der Waals surface area contributed by atoms with Gasteiger partial charge < -0.3 is 9.47 Å². The number of sulfonamides is 1. The van der Waals surface area contributed by atoms with Crippen LogP contribution in [0.25, 0.3) is 11.1 Å². The Morgan fingerprint density at radius 2 is 1.66 bits per heavy atom. The van der Waals surface area contributed by atoms with Crippen LogP contribution in [0.15, 0.2) is 95.9 Å². The smallest absolute Gasteiger partial charge is 0.305 e. The molecule has 218 valence electrons. The topological polar surface area (TPSA) is 81.7 Å². The Kier molecular flexibility index (Phi) is 11.2. The van der Waals surface area contributed by atoms with Gasteiger partial charge in [0.2, 0.25) is 10.0 Å². The molecule has 3 atom stereocenters. The van der Waals surface area contributed by atoms with E-state index in [-0.39, 0.29) is 35.3 Å². The quantitative estimate of drug-likeness (QED) is 0.131. The number of halogens is 1. The predicted molar refractivity (Wildman–Crippen MR) is 158 cm³/mol. The van der Waals surface area contributed by atoms with Gasteiger partial charge in [0, 0.05) is 13.0 Å². The molecule has 1 aliphatic carbocycles. The molecule has 0 bridgehead atoms. The molecular formula is C33H38FNO5S. The molecule has 0 saturated heterocycles. The highest BCUT2D eigenvalue weighted by Gasteiger charge is 2.36. The standard InChI is InChI=1S/C33H38FNO5S/c1-39-33(36)12-8-3-2-7-11-31-28(23-35-41(37,38)30-20-18-29(34)19-21-30)17-22-32(31)40-24-25-13-15-27(16-14-25)26-9-5-4-6-10-26/h2,4-7,9-10,13-16,18-21,28,31-32,35H,3,8,11-12,17,22-24H2,1H3/t28-,31-,32+/m1/s1. The van der Waals surface area contributed by atoms with E-state index >= 15 is 0 Å². The van der Waals surface area contributed by atoms with Crippen LogP contribution in [-0.4, -0.2) is 34.1 Å². The van der Waals surface area contributed by atoms with Crippen LogP contribution in [0.5, 0.6) is 0 Å². The summed E-state index contributed by atoms with van der Waals surface area (Å²) < 4.78 is 52.8. The van der Waals surface area contributed by atoms with Gasteiger partial charge in [-0.25, -0.2) is 17.5 Å². The van der Waals surface area contributed by atoms with Crippen LogP contribution in [0.1, 0.15) is 44.1 Å². The number of nitrogens with one attached hydrogen (secondary N) is 1. The van der Waals surface area contributed by atoms with Crippen molar-refractivity contribution in [3.63, 3.8) is 0 Å². The van der Waals surface area contributed by atoms with Crippen LogP contribution in [0.4, 0.5) is 4.39 Å². The molecule has 1 N–H and O–H groups in total. The number of rotatable bonds is 14. The Morgan fingerprint density at radius 1 is 0.951 bits per heavy atom. The minimum Gasteiger partial charge on any atom is -0.469 e. The Labute approximate surface area is 242 Å². The molecule has 0 unspecified atom stereocenters. The van der Waals surface area contributed by atoms with E-state index in [4.69, 9.17) is 9.47 Å². The molecular weight excluding hydrogens is 541 g/mol. The number of esters is 1. The fourth-order valence-electron chi connectivity index (χ4n) is 5.29. The van der Waals surface area contributed by atoms with Gasteiger partial charge in [0.15, 0.2) is 0 Å². The molecule has 3 aromatic rings. The summed E-state index contributed by atoms with van der Waals surface area (Å²) in [6, 6.07) is 23.4. The summed E-state index contributed by atoms with van der Waals surface area (Å²) in [7, 11) is -2.36. The van der Waals surface area contributed by atoms with E-state index < -0.39 is 15.8 Å². The first-order chi connectivity index (χ1) is 19.9. The monoisotopic (exact) mass is 579 g/mol. The summed E-state index contributed by atoms with van der Waals surface area (Å²) in [5.41, 5.74) is 3.40. The van der Waals surface area contributed by atoms with Crippen molar-refractivity contribution in [2.75, 3.05) is 13.7 Å². The zero-order valence-electron chi connectivity index (χ0n) is 23.4. The summed E-state index contributed by atoms with van der Waals surface area (Å²) in [5, 5.41) is 0. The number of unbranched alkanes of at least 4 members (excludes halogenated alkanes) is 1. The van der Waals surface area contributed by atoms with Gasteiger partial charge >= 0.3 is 5.97 Å². The molecule has 1 saturated carbocycles. The van der Waals surface area contributed by atoms with Crippen LogP contribution in [0.2, 0.25) is 0 Å². The van der Waals surface area contributed by atoms with Crippen molar-refractivity contribution in [1.29, 1.82) is 0 Å². The molecule has 1 aliphatic rings. The molecule has 3 aromatic carbocycles. The minimum atomic E-state index is -3.75. The second-order valence-electron chi connectivity index (χ2n) is 10.4. The van der Waals surface area contributed by atoms with Gasteiger partial charge in [-0.2, -0.15) is 0 Å². The van der Waals surface area contributed by atoms with E-state index in [1.165, 1.54) is 24.8 Å². The van der Waals surface area contributed by atoms with E-state index in [9.17, 15) is 17.6 Å². The Morgan fingerprint density at radius 3 is 2.37 bits per heavy atom. The lowest BCUT2D eigenvalue weighted by molar-refractivity contribution is -0.140. The summed E-state index contributed by atoms with van der Waals surface area (Å²) in [6.45, 7) is 0.763. The molecule has 0 aliphatic heterocycles. The van der Waals surface area contributed by atoms with E-state index in [0.717, 1.165) is 48.9 Å². The Balaban J connectivity index is 1.37. The molecule has 0 radical (unpaired) electrons. The number of methoxy groups -OCH3 is 1. The fourth-order valence-corrected chi connectivity index (χ4v) is 6.39. The number of allylic oxidation sites excluding steroid dienone is 2. The molecule has 0 amide bonds. The van der Waals surface area contributed by atoms with Crippen molar-refractivity contribution < 1.29 is 27.1 Å². The molecule has 1 fully saturated rings. The third-order valence-corrected chi connectivity index (χ3v) is 9.08. The predicted octanol–water partition coefficient (Wildman–Crippen LogP) is 6.67. The van der Waals surface area contributed by atoms with Gasteiger partial charge in [0.25, 0.3) is 0 Å². The van der Waals surface area contributed by atoms with Crippen LogP contribution >= 0.6 is 0 Å². The highest BCUT2D eigenvalue weighted by atomic mass is 32.2. The van der Waals surface area contributed by atoms with Crippen LogP contribution in [0, 0.1) is 17.7 Å². The lowest BCUT2D eigenvalue weighted by atomic mass is 9.91. The molecule has 41 heavy (non-hydrogen) atoms. The van der Waals surface area contributed by atoms with Crippen molar-refractivity contribution in [3.8, 4) is 11.1 Å². The first-order valence-corrected chi connectivity index (χ1v) is 15.6. The first-order valence-electron chi connectivity index (χ1n) is 14.1. The molecule has 6 nitrogen and oxygen atoms in total. The maximum absolute atomic E-state index is 13.3. The number of hydrogen-bond acceptors (Lipinski definition) is 5. The first kappa shape index (κ1) is 30.6. The maximum atomic E-state index is 13.3. The summed E-state index contributed by atoms with van der Waals surface area (Å²) in [6.07, 6.45) is 8.46. The van der Waals surface area contributed by atoms with Gasteiger partial charge in [-0.3, -0.25) is 4.79 Å². The largest absolute Gasteiger partial charge is 0.469 e.